The highest BCUT2D eigenvalue weighted by atomic mass is 19.1. The number of imidazole rings is 1. The molecule has 2 N–H and O–H groups in total. The molecule has 0 saturated carbocycles. The Morgan fingerprint density at radius 2 is 2.14 bits per heavy atom. The molecule has 3 aromatic rings. The molecule has 5 nitrogen and oxygen atoms in total. The monoisotopic (exact) mass is 301 g/mol. The van der Waals surface area contributed by atoms with E-state index in [2.05, 4.69) is 15.0 Å². The smallest absolute Gasteiger partial charge is 0.181 e. The SMILES string of the molecule is N[C@H]1Cn2c(nc3ncncc32)C[C@@H]1c1cc(F)ccc1F. The molecule has 112 valence electrons. The first-order valence-corrected chi connectivity index (χ1v) is 6.99. The van der Waals surface area contributed by atoms with Gasteiger partial charge >= 0.3 is 0 Å². The van der Waals surface area contributed by atoms with E-state index in [0.717, 1.165) is 23.5 Å². The molecule has 0 fully saturated rings. The Hall–Kier alpha value is -2.41. The van der Waals surface area contributed by atoms with E-state index >= 15 is 0 Å². The van der Waals surface area contributed by atoms with Gasteiger partial charge in [0.15, 0.2) is 5.65 Å². The maximum atomic E-state index is 14.0. The predicted molar refractivity (Wildman–Crippen MR) is 76.1 cm³/mol. The average molecular weight is 301 g/mol. The van der Waals surface area contributed by atoms with Gasteiger partial charge in [0.1, 0.15) is 29.3 Å². The van der Waals surface area contributed by atoms with Crippen molar-refractivity contribution in [3.05, 3.63) is 53.7 Å². The van der Waals surface area contributed by atoms with E-state index in [1.807, 2.05) is 4.57 Å². The number of halogens is 2. The lowest BCUT2D eigenvalue weighted by molar-refractivity contribution is 0.395. The molecule has 0 spiro atoms. The molecule has 1 aliphatic heterocycles. The lowest BCUT2D eigenvalue weighted by atomic mass is 9.86. The van der Waals surface area contributed by atoms with Crippen LogP contribution in [0.2, 0.25) is 0 Å². The van der Waals surface area contributed by atoms with Crippen LogP contribution in [0.15, 0.2) is 30.7 Å². The van der Waals surface area contributed by atoms with Crippen molar-refractivity contribution in [1.29, 1.82) is 0 Å². The highest BCUT2D eigenvalue weighted by molar-refractivity contribution is 5.70. The molecule has 22 heavy (non-hydrogen) atoms. The maximum absolute atomic E-state index is 14.0. The number of rotatable bonds is 1. The van der Waals surface area contributed by atoms with Crippen molar-refractivity contribution in [1.82, 2.24) is 19.5 Å². The van der Waals surface area contributed by atoms with Crippen LogP contribution in [0, 0.1) is 11.6 Å². The van der Waals surface area contributed by atoms with Crippen molar-refractivity contribution in [2.75, 3.05) is 0 Å². The highest BCUT2D eigenvalue weighted by Crippen LogP contribution is 2.32. The standard InChI is InChI=1S/C15H13F2N5/c16-8-1-2-11(17)9(3-8)10-4-14-21-15-13(5-19-7-20-15)22(14)6-12(10)18/h1-3,5,7,10,12H,4,6,18H2/t10-,12+/m1/s1. The van der Waals surface area contributed by atoms with E-state index in [9.17, 15) is 8.78 Å². The van der Waals surface area contributed by atoms with Gasteiger partial charge in [-0.1, -0.05) is 0 Å². The minimum Gasteiger partial charge on any atom is -0.326 e. The second-order valence-corrected chi connectivity index (χ2v) is 5.51. The third-order valence-corrected chi connectivity index (χ3v) is 4.18. The zero-order chi connectivity index (χ0) is 15.3. The lowest BCUT2D eigenvalue weighted by Crippen LogP contribution is -2.39. The Balaban J connectivity index is 1.80. The summed E-state index contributed by atoms with van der Waals surface area (Å²) in [5.74, 6) is -0.446. The largest absolute Gasteiger partial charge is 0.326 e. The summed E-state index contributed by atoms with van der Waals surface area (Å²) in [5.41, 5.74) is 7.93. The van der Waals surface area contributed by atoms with Crippen LogP contribution < -0.4 is 5.73 Å². The van der Waals surface area contributed by atoms with Crippen molar-refractivity contribution in [3.8, 4) is 0 Å². The molecule has 0 unspecified atom stereocenters. The van der Waals surface area contributed by atoms with Gasteiger partial charge < -0.3 is 10.3 Å². The summed E-state index contributed by atoms with van der Waals surface area (Å²) in [6.07, 6.45) is 3.57. The molecule has 0 saturated heterocycles. The molecule has 1 aromatic carbocycles. The molecule has 2 aromatic heterocycles. The Morgan fingerprint density at radius 3 is 3.00 bits per heavy atom. The van der Waals surface area contributed by atoms with Crippen molar-refractivity contribution in [2.45, 2.75) is 24.9 Å². The molecule has 0 bridgehead atoms. The molecular formula is C15H13F2N5. The number of aromatic nitrogens is 4. The second-order valence-electron chi connectivity index (χ2n) is 5.51. The van der Waals surface area contributed by atoms with Gasteiger partial charge in [0.25, 0.3) is 0 Å². The molecule has 1 aliphatic rings. The van der Waals surface area contributed by atoms with Gasteiger partial charge in [-0.25, -0.2) is 23.7 Å². The minimum absolute atomic E-state index is 0.303. The van der Waals surface area contributed by atoms with Crippen LogP contribution >= 0.6 is 0 Å². The first kappa shape index (κ1) is 13.3. The van der Waals surface area contributed by atoms with Crippen LogP contribution in [0.25, 0.3) is 11.2 Å². The molecule has 3 heterocycles. The zero-order valence-corrected chi connectivity index (χ0v) is 11.6. The number of benzene rings is 1. The third-order valence-electron chi connectivity index (χ3n) is 4.18. The van der Waals surface area contributed by atoms with Crippen LogP contribution in [-0.2, 0) is 13.0 Å². The molecule has 0 amide bonds. The van der Waals surface area contributed by atoms with Crippen LogP contribution in [0.1, 0.15) is 17.3 Å². The number of fused-ring (bicyclic) bond motifs is 3. The van der Waals surface area contributed by atoms with E-state index in [1.54, 1.807) is 6.20 Å². The Morgan fingerprint density at radius 1 is 1.27 bits per heavy atom. The molecule has 2 atom stereocenters. The van der Waals surface area contributed by atoms with Crippen molar-refractivity contribution in [3.63, 3.8) is 0 Å². The van der Waals surface area contributed by atoms with E-state index < -0.39 is 11.6 Å². The summed E-state index contributed by atoms with van der Waals surface area (Å²) in [4.78, 5) is 12.6. The summed E-state index contributed by atoms with van der Waals surface area (Å²) in [6.45, 7) is 0.472. The van der Waals surface area contributed by atoms with Gasteiger partial charge in [-0.3, -0.25) is 0 Å². The van der Waals surface area contributed by atoms with Crippen LogP contribution in [-0.4, -0.2) is 25.6 Å². The molecular weight excluding hydrogens is 288 g/mol. The van der Waals surface area contributed by atoms with Crippen LogP contribution in [0.5, 0.6) is 0 Å². The van der Waals surface area contributed by atoms with Gasteiger partial charge in [-0.2, -0.15) is 0 Å². The summed E-state index contributed by atoms with van der Waals surface area (Å²) < 4.78 is 29.4. The summed E-state index contributed by atoms with van der Waals surface area (Å²) in [5, 5.41) is 0. The Bertz CT molecular complexity index is 860. The van der Waals surface area contributed by atoms with Crippen molar-refractivity contribution in [2.24, 2.45) is 5.73 Å². The fourth-order valence-electron chi connectivity index (χ4n) is 3.10. The van der Waals surface area contributed by atoms with Crippen LogP contribution in [0.4, 0.5) is 8.78 Å². The normalized spacial score (nSPS) is 21.0. The highest BCUT2D eigenvalue weighted by Gasteiger charge is 2.31. The van der Waals surface area contributed by atoms with E-state index in [1.165, 1.54) is 12.4 Å². The van der Waals surface area contributed by atoms with Crippen molar-refractivity contribution >= 4 is 11.2 Å². The van der Waals surface area contributed by atoms with Crippen LogP contribution in [0.3, 0.4) is 0 Å². The van der Waals surface area contributed by atoms with E-state index in [-0.39, 0.29) is 12.0 Å². The average Bonchev–Trinajstić information content (AvgIpc) is 2.87. The number of hydrogen-bond acceptors (Lipinski definition) is 4. The van der Waals surface area contributed by atoms with Gasteiger partial charge in [-0.15, -0.1) is 0 Å². The first-order valence-electron chi connectivity index (χ1n) is 6.99. The number of hydrogen-bond donors (Lipinski definition) is 1. The number of nitrogens with two attached hydrogens (primary N) is 1. The Labute approximate surface area is 124 Å². The lowest BCUT2D eigenvalue weighted by Gasteiger charge is -2.30. The molecule has 0 aliphatic carbocycles. The van der Waals surface area contributed by atoms with Gasteiger partial charge in [0.2, 0.25) is 0 Å². The fourth-order valence-corrected chi connectivity index (χ4v) is 3.10. The van der Waals surface area contributed by atoms with Gasteiger partial charge in [0.05, 0.1) is 6.20 Å². The second kappa shape index (κ2) is 4.81. The summed E-state index contributed by atoms with van der Waals surface area (Å²) >= 11 is 0. The zero-order valence-electron chi connectivity index (χ0n) is 11.6. The third kappa shape index (κ3) is 1.97. The fraction of sp³-hybridized carbons (Fsp3) is 0.267. The van der Waals surface area contributed by atoms with Gasteiger partial charge in [0, 0.05) is 24.9 Å². The number of nitrogens with zero attached hydrogens (tertiary/aromatic N) is 4. The molecule has 4 rings (SSSR count). The minimum atomic E-state index is -0.464. The maximum Gasteiger partial charge on any atom is 0.181 e. The van der Waals surface area contributed by atoms with Crippen molar-refractivity contribution < 1.29 is 8.78 Å². The summed E-state index contributed by atoms with van der Waals surface area (Å²) in [7, 11) is 0. The quantitative estimate of drug-likeness (QED) is 0.743. The predicted octanol–water partition coefficient (Wildman–Crippen LogP) is 1.77. The first-order chi connectivity index (χ1) is 10.6. The summed E-state index contributed by atoms with van der Waals surface area (Å²) in [6, 6.07) is 3.14. The Kier molecular flexibility index (Phi) is 2.90. The van der Waals surface area contributed by atoms with E-state index in [4.69, 9.17) is 5.73 Å². The van der Waals surface area contributed by atoms with Gasteiger partial charge in [-0.05, 0) is 23.8 Å². The molecule has 7 heteroatoms. The van der Waals surface area contributed by atoms with E-state index in [0.29, 0.717) is 24.2 Å². The molecule has 0 radical (unpaired) electrons. The topological polar surface area (TPSA) is 69.6 Å².